The lowest BCUT2D eigenvalue weighted by Crippen LogP contribution is -2.27. The highest BCUT2D eigenvalue weighted by Crippen LogP contribution is 2.36. The van der Waals surface area contributed by atoms with Gasteiger partial charge in [0, 0.05) is 23.7 Å². The largest absolute Gasteiger partial charge is 0.493 e. The predicted molar refractivity (Wildman–Crippen MR) is 133 cm³/mol. The SMILES string of the molecule is COc1ccc(-c2nc(C(=O)NCc3ccc(F)cc3F)c([C@@H](N)C(C)C)o2)cc1OCC1CC1.Cl. The zero-order valence-corrected chi connectivity index (χ0v) is 21.2. The number of carbonyl (C=O) groups excluding carboxylic acids is 1. The van der Waals surface area contributed by atoms with Gasteiger partial charge in [-0.15, -0.1) is 12.4 Å². The first-order valence-electron chi connectivity index (χ1n) is 11.6. The van der Waals surface area contributed by atoms with Gasteiger partial charge in [-0.2, -0.15) is 0 Å². The third-order valence-electron chi connectivity index (χ3n) is 5.93. The van der Waals surface area contributed by atoms with E-state index in [0.29, 0.717) is 29.6 Å². The van der Waals surface area contributed by atoms with Crippen LogP contribution in [0.1, 0.15) is 54.5 Å². The molecule has 1 aromatic heterocycles. The molecule has 10 heteroatoms. The van der Waals surface area contributed by atoms with Crippen LogP contribution in [-0.2, 0) is 6.54 Å². The molecule has 1 heterocycles. The van der Waals surface area contributed by atoms with Gasteiger partial charge in [0.25, 0.3) is 5.91 Å². The molecule has 1 aliphatic carbocycles. The highest BCUT2D eigenvalue weighted by atomic mass is 35.5. The maximum Gasteiger partial charge on any atom is 0.273 e. The summed E-state index contributed by atoms with van der Waals surface area (Å²) in [6.07, 6.45) is 2.30. The second-order valence-electron chi connectivity index (χ2n) is 9.04. The zero-order valence-electron chi connectivity index (χ0n) is 20.3. The van der Waals surface area contributed by atoms with Crippen LogP contribution < -0.4 is 20.5 Å². The lowest BCUT2D eigenvalue weighted by molar-refractivity contribution is 0.0943. The number of methoxy groups -OCH3 is 1. The molecule has 3 aromatic rings. The first-order valence-corrected chi connectivity index (χ1v) is 11.6. The average molecular weight is 522 g/mol. The van der Waals surface area contributed by atoms with E-state index >= 15 is 0 Å². The van der Waals surface area contributed by atoms with E-state index in [-0.39, 0.29) is 47.8 Å². The summed E-state index contributed by atoms with van der Waals surface area (Å²) in [6, 6.07) is 7.85. The molecule has 1 amide bonds. The van der Waals surface area contributed by atoms with E-state index in [2.05, 4.69) is 10.3 Å². The summed E-state index contributed by atoms with van der Waals surface area (Å²) in [5.74, 6) is 0.0743. The molecule has 0 radical (unpaired) electrons. The number of carbonyl (C=O) groups is 1. The van der Waals surface area contributed by atoms with Gasteiger partial charge in [0.05, 0.1) is 19.8 Å². The van der Waals surface area contributed by atoms with Gasteiger partial charge in [-0.1, -0.05) is 19.9 Å². The molecule has 7 nitrogen and oxygen atoms in total. The van der Waals surface area contributed by atoms with Crippen molar-refractivity contribution in [2.45, 2.75) is 39.3 Å². The van der Waals surface area contributed by atoms with Gasteiger partial charge < -0.3 is 24.9 Å². The first-order chi connectivity index (χ1) is 16.8. The van der Waals surface area contributed by atoms with E-state index in [1.54, 1.807) is 25.3 Å². The lowest BCUT2D eigenvalue weighted by atomic mass is 10.0. The van der Waals surface area contributed by atoms with E-state index < -0.39 is 23.6 Å². The Balaban J connectivity index is 0.00000361. The van der Waals surface area contributed by atoms with Gasteiger partial charge in [-0.05, 0) is 48.9 Å². The molecule has 194 valence electrons. The molecule has 36 heavy (non-hydrogen) atoms. The molecule has 1 aliphatic rings. The second-order valence-corrected chi connectivity index (χ2v) is 9.04. The number of nitrogens with zero attached hydrogens (tertiary/aromatic N) is 1. The Hall–Kier alpha value is -3.17. The molecule has 0 spiro atoms. The number of hydrogen-bond acceptors (Lipinski definition) is 6. The van der Waals surface area contributed by atoms with Crippen LogP contribution in [0, 0.1) is 23.5 Å². The van der Waals surface area contributed by atoms with Crippen molar-refractivity contribution < 1.29 is 27.5 Å². The van der Waals surface area contributed by atoms with Gasteiger partial charge in [0.15, 0.2) is 23.0 Å². The monoisotopic (exact) mass is 521 g/mol. The summed E-state index contributed by atoms with van der Waals surface area (Å²) in [7, 11) is 1.57. The molecule has 2 aromatic carbocycles. The number of nitrogens with two attached hydrogens (primary N) is 1. The van der Waals surface area contributed by atoms with E-state index in [9.17, 15) is 13.6 Å². The van der Waals surface area contributed by atoms with Crippen molar-refractivity contribution in [3.63, 3.8) is 0 Å². The highest BCUT2D eigenvalue weighted by Gasteiger charge is 2.28. The van der Waals surface area contributed by atoms with Crippen molar-refractivity contribution >= 4 is 18.3 Å². The fourth-order valence-electron chi connectivity index (χ4n) is 3.49. The Kier molecular flexibility index (Phi) is 8.92. The molecule has 0 unspecified atom stereocenters. The molecule has 3 N–H and O–H groups in total. The van der Waals surface area contributed by atoms with Crippen LogP contribution in [0.2, 0.25) is 0 Å². The van der Waals surface area contributed by atoms with Gasteiger partial charge in [0.2, 0.25) is 5.89 Å². The van der Waals surface area contributed by atoms with Gasteiger partial charge in [-0.3, -0.25) is 4.79 Å². The van der Waals surface area contributed by atoms with Crippen molar-refractivity contribution in [1.82, 2.24) is 10.3 Å². The van der Waals surface area contributed by atoms with Crippen LogP contribution in [0.4, 0.5) is 8.78 Å². The summed E-state index contributed by atoms with van der Waals surface area (Å²) >= 11 is 0. The molecule has 4 rings (SSSR count). The number of halogens is 3. The number of hydrogen-bond donors (Lipinski definition) is 2. The standard InChI is InChI=1S/C26H29F2N3O4.ClH/c1-14(2)22(29)24-23(25(32)30-12-17-6-8-18(27)11-19(17)28)31-26(35-24)16-7-9-20(33-3)21(10-16)34-13-15-4-5-15;/h6-11,14-15,22H,4-5,12-13,29H2,1-3H3,(H,30,32);1H/t22-;/m0./s1. The number of ether oxygens (including phenoxy) is 2. The molecular formula is C26H30ClF2N3O4. The minimum absolute atomic E-state index is 0. The smallest absolute Gasteiger partial charge is 0.273 e. The molecule has 0 aliphatic heterocycles. The summed E-state index contributed by atoms with van der Waals surface area (Å²) < 4.78 is 44.5. The maximum atomic E-state index is 14.0. The average Bonchev–Trinajstić information content (AvgIpc) is 3.56. The minimum atomic E-state index is -0.748. The van der Waals surface area contributed by atoms with Crippen LogP contribution in [0.3, 0.4) is 0 Å². The molecule has 0 saturated heterocycles. The predicted octanol–water partition coefficient (Wildman–Crippen LogP) is 5.42. The fourth-order valence-corrected chi connectivity index (χ4v) is 3.49. The molecular weight excluding hydrogens is 492 g/mol. The van der Waals surface area contributed by atoms with Crippen LogP contribution in [0.25, 0.3) is 11.5 Å². The lowest BCUT2D eigenvalue weighted by Gasteiger charge is -2.14. The topological polar surface area (TPSA) is 99.6 Å². The number of aromatic nitrogens is 1. The summed E-state index contributed by atoms with van der Waals surface area (Å²) in [5.41, 5.74) is 7.07. The third kappa shape index (κ3) is 6.33. The summed E-state index contributed by atoms with van der Waals surface area (Å²) in [5, 5.41) is 2.62. The Morgan fingerprint density at radius 2 is 1.94 bits per heavy atom. The van der Waals surface area contributed by atoms with Crippen LogP contribution in [0.15, 0.2) is 40.8 Å². The summed E-state index contributed by atoms with van der Waals surface area (Å²) in [4.78, 5) is 17.4. The number of benzene rings is 2. The second kappa shape index (κ2) is 11.7. The molecule has 1 atom stereocenters. The van der Waals surface area contributed by atoms with Crippen LogP contribution >= 0.6 is 12.4 Å². The van der Waals surface area contributed by atoms with E-state index in [4.69, 9.17) is 19.6 Å². The Labute approximate surface area is 214 Å². The number of nitrogens with one attached hydrogen (secondary N) is 1. The van der Waals surface area contributed by atoms with Crippen molar-refractivity contribution in [1.29, 1.82) is 0 Å². The zero-order chi connectivity index (χ0) is 25.1. The quantitative estimate of drug-likeness (QED) is 0.369. The fraction of sp³-hybridized carbons (Fsp3) is 0.385. The van der Waals surface area contributed by atoms with Crippen molar-refractivity contribution in [3.05, 3.63) is 65.1 Å². The van der Waals surface area contributed by atoms with E-state index in [1.807, 2.05) is 13.8 Å². The van der Waals surface area contributed by atoms with Gasteiger partial charge in [-0.25, -0.2) is 13.8 Å². The normalized spacial score (nSPS) is 13.8. The first kappa shape index (κ1) is 27.4. The molecule has 0 bridgehead atoms. The van der Waals surface area contributed by atoms with Crippen molar-refractivity contribution in [2.24, 2.45) is 17.6 Å². The molecule has 1 saturated carbocycles. The number of oxazole rings is 1. The summed E-state index contributed by atoms with van der Waals surface area (Å²) in [6.45, 7) is 4.26. The van der Waals surface area contributed by atoms with Gasteiger partial charge in [0.1, 0.15) is 11.6 Å². The molecule has 1 fully saturated rings. The minimum Gasteiger partial charge on any atom is -0.493 e. The Morgan fingerprint density at radius 1 is 1.19 bits per heavy atom. The highest BCUT2D eigenvalue weighted by molar-refractivity contribution is 5.94. The van der Waals surface area contributed by atoms with Crippen LogP contribution in [-0.4, -0.2) is 24.6 Å². The van der Waals surface area contributed by atoms with E-state index in [1.165, 1.54) is 6.07 Å². The van der Waals surface area contributed by atoms with Crippen molar-refractivity contribution in [2.75, 3.05) is 13.7 Å². The third-order valence-corrected chi connectivity index (χ3v) is 5.93. The Bertz CT molecular complexity index is 1210. The Morgan fingerprint density at radius 3 is 2.58 bits per heavy atom. The maximum absolute atomic E-state index is 14.0. The number of rotatable bonds is 10. The van der Waals surface area contributed by atoms with Gasteiger partial charge >= 0.3 is 0 Å². The van der Waals surface area contributed by atoms with E-state index in [0.717, 1.165) is 25.0 Å². The van der Waals surface area contributed by atoms with Crippen molar-refractivity contribution in [3.8, 4) is 23.0 Å². The number of amides is 1. The van der Waals surface area contributed by atoms with Crippen LogP contribution in [0.5, 0.6) is 11.5 Å².